The molecule has 1 aliphatic rings. The first-order valence-corrected chi connectivity index (χ1v) is 12.2. The molecular weight excluding hydrogens is 474 g/mol. The first kappa shape index (κ1) is 23.1. The van der Waals surface area contributed by atoms with Crippen LogP contribution >= 0.6 is 0 Å². The van der Waals surface area contributed by atoms with Crippen molar-refractivity contribution < 1.29 is 9.59 Å². The Hall–Kier alpha value is -5.30. The summed E-state index contributed by atoms with van der Waals surface area (Å²) in [7, 11) is 0. The molecule has 0 fully saturated rings. The highest BCUT2D eigenvalue weighted by Crippen LogP contribution is 2.35. The normalized spacial score (nSPS) is 11.9. The van der Waals surface area contributed by atoms with Gasteiger partial charge in [-0.25, -0.2) is 4.98 Å². The van der Waals surface area contributed by atoms with E-state index in [4.69, 9.17) is 0 Å². The molecule has 3 aromatic carbocycles. The summed E-state index contributed by atoms with van der Waals surface area (Å²) in [6.45, 7) is 0.408. The molecule has 6 rings (SSSR count). The van der Waals surface area contributed by atoms with Crippen LogP contribution in [0.4, 0.5) is 22.9 Å². The number of anilines is 4. The second-order valence-corrected chi connectivity index (χ2v) is 8.86. The number of nitrogens with one attached hydrogen (secondary N) is 2. The molecule has 184 valence electrons. The molecular formula is C31H23N5O2. The third kappa shape index (κ3) is 4.49. The number of hydrogen-bond acceptors (Lipinski definition) is 5. The predicted octanol–water partition coefficient (Wildman–Crippen LogP) is 6.30. The molecule has 2 amide bonds. The van der Waals surface area contributed by atoms with Crippen LogP contribution in [0.1, 0.15) is 26.3 Å². The van der Waals surface area contributed by atoms with Crippen LogP contribution in [0.2, 0.25) is 0 Å². The maximum absolute atomic E-state index is 13.7. The van der Waals surface area contributed by atoms with Crippen LogP contribution in [0, 0.1) is 0 Å². The largest absolute Gasteiger partial charge is 0.338 e. The minimum absolute atomic E-state index is 0.154. The molecule has 7 nitrogen and oxygen atoms in total. The molecule has 0 spiro atoms. The highest BCUT2D eigenvalue weighted by atomic mass is 16.2. The molecule has 1 aliphatic heterocycles. The Kier molecular flexibility index (Phi) is 6.08. The summed E-state index contributed by atoms with van der Waals surface area (Å²) in [5, 5.41) is 6.30. The van der Waals surface area contributed by atoms with Gasteiger partial charge >= 0.3 is 0 Å². The van der Waals surface area contributed by atoms with Crippen molar-refractivity contribution in [3.8, 4) is 11.1 Å². The van der Waals surface area contributed by atoms with Gasteiger partial charge in [0.05, 0.1) is 12.2 Å². The predicted molar refractivity (Wildman–Crippen MR) is 149 cm³/mol. The van der Waals surface area contributed by atoms with Crippen molar-refractivity contribution in [3.05, 3.63) is 132 Å². The molecule has 7 heteroatoms. The molecule has 0 unspecified atom stereocenters. The van der Waals surface area contributed by atoms with Crippen LogP contribution in [0.15, 0.2) is 116 Å². The zero-order valence-corrected chi connectivity index (χ0v) is 20.3. The molecule has 38 heavy (non-hydrogen) atoms. The van der Waals surface area contributed by atoms with Crippen molar-refractivity contribution in [1.29, 1.82) is 0 Å². The summed E-state index contributed by atoms with van der Waals surface area (Å²) in [6, 6.07) is 29.7. The summed E-state index contributed by atoms with van der Waals surface area (Å²) in [4.78, 5) is 37.0. The molecule has 5 aromatic rings. The maximum Gasteiger partial charge on any atom is 0.258 e. The number of fused-ring (bicyclic) bond motifs is 2. The van der Waals surface area contributed by atoms with Gasteiger partial charge in [-0.1, -0.05) is 36.4 Å². The number of pyridine rings is 2. The summed E-state index contributed by atoms with van der Waals surface area (Å²) >= 11 is 0. The SMILES string of the molecule is O=C(Nc1ccc(C(=O)N2Cc3ccccc3Nc3ncccc32)cc1)c1ccccc1-c1ccncc1. The molecule has 0 saturated heterocycles. The fourth-order valence-corrected chi connectivity index (χ4v) is 4.57. The van der Waals surface area contributed by atoms with Crippen LogP contribution in [-0.2, 0) is 6.54 Å². The fraction of sp³-hybridized carbons (Fsp3) is 0.0323. The van der Waals surface area contributed by atoms with Crippen molar-refractivity contribution >= 4 is 34.7 Å². The Morgan fingerprint density at radius 3 is 2.39 bits per heavy atom. The van der Waals surface area contributed by atoms with Gasteiger partial charge in [-0.3, -0.25) is 14.6 Å². The van der Waals surface area contributed by atoms with Crippen LogP contribution < -0.4 is 15.5 Å². The maximum atomic E-state index is 13.7. The number of hydrogen-bond donors (Lipinski definition) is 2. The summed E-state index contributed by atoms with van der Waals surface area (Å²) in [5.74, 6) is 0.243. The van der Waals surface area contributed by atoms with E-state index in [1.54, 1.807) is 53.8 Å². The topological polar surface area (TPSA) is 87.2 Å². The number of para-hydroxylation sites is 1. The van der Waals surface area contributed by atoms with Gasteiger partial charge in [0, 0.05) is 41.1 Å². The molecule has 2 aromatic heterocycles. The Bertz CT molecular complexity index is 1630. The average molecular weight is 498 g/mol. The first-order chi connectivity index (χ1) is 18.7. The van der Waals surface area contributed by atoms with Crippen LogP contribution in [0.25, 0.3) is 11.1 Å². The number of carbonyl (C=O) groups is 2. The van der Waals surface area contributed by atoms with Crippen molar-refractivity contribution in [2.24, 2.45) is 0 Å². The van der Waals surface area contributed by atoms with Crippen LogP contribution in [0.3, 0.4) is 0 Å². The summed E-state index contributed by atoms with van der Waals surface area (Å²) in [6.07, 6.45) is 5.10. The van der Waals surface area contributed by atoms with E-state index < -0.39 is 0 Å². The lowest BCUT2D eigenvalue weighted by atomic mass is 10.00. The quantitative estimate of drug-likeness (QED) is 0.304. The van der Waals surface area contributed by atoms with E-state index in [0.29, 0.717) is 34.9 Å². The van der Waals surface area contributed by atoms with Crippen LogP contribution in [-0.4, -0.2) is 21.8 Å². The Morgan fingerprint density at radius 2 is 1.55 bits per heavy atom. The van der Waals surface area contributed by atoms with Gasteiger partial charge in [0.2, 0.25) is 0 Å². The Labute approximate surface area is 219 Å². The highest BCUT2D eigenvalue weighted by molar-refractivity contribution is 6.10. The first-order valence-electron chi connectivity index (χ1n) is 12.2. The van der Waals surface area contributed by atoms with Crippen LogP contribution in [0.5, 0.6) is 0 Å². The van der Waals surface area contributed by atoms with Gasteiger partial charge in [0.1, 0.15) is 0 Å². The minimum Gasteiger partial charge on any atom is -0.338 e. The van der Waals surface area contributed by atoms with E-state index in [0.717, 1.165) is 22.4 Å². The summed E-state index contributed by atoms with van der Waals surface area (Å²) < 4.78 is 0. The van der Waals surface area contributed by atoms with E-state index in [9.17, 15) is 9.59 Å². The second-order valence-electron chi connectivity index (χ2n) is 8.86. The highest BCUT2D eigenvalue weighted by Gasteiger charge is 2.25. The lowest BCUT2D eigenvalue weighted by Gasteiger charge is -2.22. The number of nitrogens with zero attached hydrogens (tertiary/aromatic N) is 3. The fourth-order valence-electron chi connectivity index (χ4n) is 4.57. The third-order valence-corrected chi connectivity index (χ3v) is 6.47. The number of aromatic nitrogens is 2. The molecule has 0 atom stereocenters. The smallest absolute Gasteiger partial charge is 0.258 e. The van der Waals surface area contributed by atoms with Gasteiger partial charge in [0.15, 0.2) is 5.82 Å². The number of amides is 2. The van der Waals surface area contributed by atoms with E-state index >= 15 is 0 Å². The van der Waals surface area contributed by atoms with E-state index in [2.05, 4.69) is 20.6 Å². The van der Waals surface area contributed by atoms with Crippen molar-refractivity contribution in [2.75, 3.05) is 15.5 Å². The monoisotopic (exact) mass is 497 g/mol. The van der Waals surface area contributed by atoms with Crippen molar-refractivity contribution in [1.82, 2.24) is 9.97 Å². The Morgan fingerprint density at radius 1 is 0.789 bits per heavy atom. The number of rotatable bonds is 4. The van der Waals surface area contributed by atoms with Gasteiger partial charge in [-0.2, -0.15) is 0 Å². The molecule has 0 saturated carbocycles. The van der Waals surface area contributed by atoms with E-state index in [1.807, 2.05) is 66.7 Å². The standard InChI is InChI=1S/C31H23N5O2/c37-30(26-8-3-2-7-25(26)21-15-18-32-19-16-21)34-24-13-11-22(12-14-24)31(38)36-20-23-6-1-4-9-27(23)35-29-28(36)10-5-17-33-29/h1-19H,20H2,(H,33,35)(H,34,37). The average Bonchev–Trinajstić information content (AvgIpc) is 3.14. The molecule has 0 aliphatic carbocycles. The van der Waals surface area contributed by atoms with Gasteiger partial charge in [-0.05, 0) is 77.4 Å². The molecule has 0 radical (unpaired) electrons. The van der Waals surface area contributed by atoms with Crippen molar-refractivity contribution in [3.63, 3.8) is 0 Å². The summed E-state index contributed by atoms with van der Waals surface area (Å²) in [5.41, 5.74) is 6.02. The van der Waals surface area contributed by atoms with Gasteiger partial charge in [-0.15, -0.1) is 0 Å². The number of carbonyl (C=O) groups excluding carboxylic acids is 2. The molecule has 3 heterocycles. The van der Waals surface area contributed by atoms with E-state index in [1.165, 1.54) is 0 Å². The lowest BCUT2D eigenvalue weighted by Crippen LogP contribution is -2.30. The molecule has 0 bridgehead atoms. The van der Waals surface area contributed by atoms with Gasteiger partial charge < -0.3 is 15.5 Å². The Balaban J connectivity index is 1.24. The second kappa shape index (κ2) is 9.99. The van der Waals surface area contributed by atoms with E-state index in [-0.39, 0.29) is 11.8 Å². The zero-order chi connectivity index (χ0) is 25.9. The zero-order valence-electron chi connectivity index (χ0n) is 20.3. The van der Waals surface area contributed by atoms with Crippen molar-refractivity contribution in [2.45, 2.75) is 6.54 Å². The molecule has 2 N–H and O–H groups in total. The third-order valence-electron chi connectivity index (χ3n) is 6.47. The number of benzene rings is 3. The minimum atomic E-state index is -0.230. The van der Waals surface area contributed by atoms with Gasteiger partial charge in [0.25, 0.3) is 11.8 Å². The lowest BCUT2D eigenvalue weighted by molar-refractivity contribution is 0.0984.